The van der Waals surface area contributed by atoms with Crippen LogP contribution in [0.25, 0.3) is 0 Å². The Balaban J connectivity index is 2.24. The van der Waals surface area contributed by atoms with E-state index in [4.69, 9.17) is 5.84 Å². The summed E-state index contributed by atoms with van der Waals surface area (Å²) in [5, 5.41) is 0. The Bertz CT molecular complexity index is 574. The second kappa shape index (κ2) is 5.67. The molecule has 0 spiro atoms. The quantitative estimate of drug-likeness (QED) is 0.497. The first kappa shape index (κ1) is 13.3. The van der Waals surface area contributed by atoms with Gasteiger partial charge in [0, 0.05) is 30.4 Å². The molecule has 1 aromatic carbocycles. The Labute approximate surface area is 112 Å². The van der Waals surface area contributed by atoms with Crippen LogP contribution in [0.3, 0.4) is 0 Å². The van der Waals surface area contributed by atoms with Gasteiger partial charge in [-0.05, 0) is 17.7 Å². The number of amides is 1. The van der Waals surface area contributed by atoms with E-state index in [1.54, 1.807) is 12.3 Å². The highest BCUT2D eigenvalue weighted by molar-refractivity contribution is 5.93. The Morgan fingerprint density at radius 2 is 2.26 bits per heavy atom. The maximum Gasteiger partial charge on any atom is 0.265 e. The van der Waals surface area contributed by atoms with Crippen molar-refractivity contribution < 1.29 is 4.79 Å². The molecular formula is C14H18N4O. The second-order valence-corrected chi connectivity index (χ2v) is 4.74. The summed E-state index contributed by atoms with van der Waals surface area (Å²) in [5.74, 6) is 6.26. The third-order valence-electron chi connectivity index (χ3n) is 2.94. The highest BCUT2D eigenvalue weighted by Gasteiger charge is 2.09. The van der Waals surface area contributed by atoms with E-state index in [1.165, 1.54) is 0 Å². The van der Waals surface area contributed by atoms with Gasteiger partial charge in [0.05, 0.1) is 0 Å². The van der Waals surface area contributed by atoms with Gasteiger partial charge in [-0.25, -0.2) is 10.8 Å². The van der Waals surface area contributed by atoms with Crippen molar-refractivity contribution in [3.05, 3.63) is 53.6 Å². The van der Waals surface area contributed by atoms with Crippen LogP contribution in [0.15, 0.2) is 36.7 Å². The summed E-state index contributed by atoms with van der Waals surface area (Å²) >= 11 is 0. The molecule has 5 nitrogen and oxygen atoms in total. The molecule has 0 atom stereocenters. The molecule has 0 fully saturated rings. The molecule has 0 aliphatic heterocycles. The van der Waals surface area contributed by atoms with Gasteiger partial charge < -0.3 is 4.57 Å². The number of nitrogens with two attached hydrogens (primary N) is 1. The second-order valence-electron chi connectivity index (χ2n) is 4.74. The molecule has 100 valence electrons. The standard InChI is InChI=1S/C14H18N4O/c1-10(2)13-16-6-7-18(13)9-11-4-3-5-12(8-11)14(19)17-15/h3-8,10H,9,15H2,1-2H3,(H,17,19). The zero-order valence-electron chi connectivity index (χ0n) is 11.1. The normalized spacial score (nSPS) is 10.7. The molecule has 1 amide bonds. The van der Waals surface area contributed by atoms with E-state index >= 15 is 0 Å². The van der Waals surface area contributed by atoms with E-state index in [1.807, 2.05) is 24.4 Å². The molecule has 19 heavy (non-hydrogen) atoms. The largest absolute Gasteiger partial charge is 0.330 e. The lowest BCUT2D eigenvalue weighted by molar-refractivity contribution is 0.0953. The number of hydrazine groups is 1. The van der Waals surface area contributed by atoms with Crippen LogP contribution in [0.2, 0.25) is 0 Å². The van der Waals surface area contributed by atoms with Crippen LogP contribution in [0.4, 0.5) is 0 Å². The van der Waals surface area contributed by atoms with E-state index in [2.05, 4.69) is 28.8 Å². The summed E-state index contributed by atoms with van der Waals surface area (Å²) in [7, 11) is 0. The number of aromatic nitrogens is 2. The number of hydrogen-bond acceptors (Lipinski definition) is 3. The number of rotatable bonds is 4. The number of benzene rings is 1. The van der Waals surface area contributed by atoms with Gasteiger partial charge >= 0.3 is 0 Å². The Kier molecular flexibility index (Phi) is 3.97. The van der Waals surface area contributed by atoms with Crippen molar-refractivity contribution in [2.45, 2.75) is 26.3 Å². The van der Waals surface area contributed by atoms with Crippen LogP contribution >= 0.6 is 0 Å². The molecule has 0 aliphatic rings. The van der Waals surface area contributed by atoms with Gasteiger partial charge in [-0.15, -0.1) is 0 Å². The molecule has 0 radical (unpaired) electrons. The molecule has 2 rings (SSSR count). The highest BCUT2D eigenvalue weighted by atomic mass is 16.2. The predicted molar refractivity (Wildman–Crippen MR) is 73.5 cm³/mol. The zero-order valence-corrected chi connectivity index (χ0v) is 11.1. The first-order valence-electron chi connectivity index (χ1n) is 6.22. The summed E-state index contributed by atoms with van der Waals surface area (Å²) in [4.78, 5) is 15.8. The van der Waals surface area contributed by atoms with Crippen LogP contribution < -0.4 is 11.3 Å². The number of carbonyl (C=O) groups is 1. The smallest absolute Gasteiger partial charge is 0.265 e. The topological polar surface area (TPSA) is 72.9 Å². The van der Waals surface area contributed by atoms with Crippen molar-refractivity contribution in [2.24, 2.45) is 5.84 Å². The van der Waals surface area contributed by atoms with Crippen LogP contribution in [0.5, 0.6) is 0 Å². The van der Waals surface area contributed by atoms with Crippen LogP contribution in [-0.2, 0) is 6.54 Å². The van der Waals surface area contributed by atoms with Gasteiger partial charge in [0.2, 0.25) is 0 Å². The number of nitrogen functional groups attached to an aromatic ring is 1. The molecule has 0 unspecified atom stereocenters. The van der Waals surface area contributed by atoms with Crippen molar-refractivity contribution in [1.82, 2.24) is 15.0 Å². The minimum atomic E-state index is -0.281. The van der Waals surface area contributed by atoms with Crippen molar-refractivity contribution in [3.8, 4) is 0 Å². The Hall–Kier alpha value is -2.14. The van der Waals surface area contributed by atoms with E-state index < -0.39 is 0 Å². The molecule has 0 bridgehead atoms. The minimum absolute atomic E-state index is 0.281. The Morgan fingerprint density at radius 1 is 1.47 bits per heavy atom. The first-order valence-corrected chi connectivity index (χ1v) is 6.22. The Morgan fingerprint density at radius 3 is 2.95 bits per heavy atom. The molecular weight excluding hydrogens is 240 g/mol. The van der Waals surface area contributed by atoms with E-state index in [0.29, 0.717) is 18.0 Å². The van der Waals surface area contributed by atoms with Gasteiger partial charge in [0.25, 0.3) is 5.91 Å². The van der Waals surface area contributed by atoms with Crippen molar-refractivity contribution in [3.63, 3.8) is 0 Å². The molecule has 0 saturated carbocycles. The summed E-state index contributed by atoms with van der Waals surface area (Å²) < 4.78 is 2.09. The molecule has 1 heterocycles. The minimum Gasteiger partial charge on any atom is -0.330 e. The van der Waals surface area contributed by atoms with Crippen molar-refractivity contribution >= 4 is 5.91 Å². The van der Waals surface area contributed by atoms with Gasteiger partial charge in [0.1, 0.15) is 5.82 Å². The van der Waals surface area contributed by atoms with Crippen LogP contribution in [0.1, 0.15) is 41.5 Å². The highest BCUT2D eigenvalue weighted by Crippen LogP contribution is 2.14. The SMILES string of the molecule is CC(C)c1nccn1Cc1cccc(C(=O)NN)c1. The van der Waals surface area contributed by atoms with E-state index in [0.717, 1.165) is 11.4 Å². The lowest BCUT2D eigenvalue weighted by Crippen LogP contribution is -2.30. The van der Waals surface area contributed by atoms with Crippen molar-refractivity contribution in [2.75, 3.05) is 0 Å². The van der Waals surface area contributed by atoms with Crippen molar-refractivity contribution in [1.29, 1.82) is 0 Å². The van der Waals surface area contributed by atoms with E-state index in [-0.39, 0.29) is 5.91 Å². The molecule has 0 saturated heterocycles. The summed E-state index contributed by atoms with van der Waals surface area (Å²) in [6, 6.07) is 7.42. The number of carbonyl (C=O) groups excluding carboxylic acids is 1. The first-order chi connectivity index (χ1) is 9.11. The van der Waals surface area contributed by atoms with Gasteiger partial charge in [0.15, 0.2) is 0 Å². The van der Waals surface area contributed by atoms with Crippen LogP contribution in [-0.4, -0.2) is 15.5 Å². The average Bonchev–Trinajstić information content (AvgIpc) is 2.86. The number of imidazole rings is 1. The number of hydrogen-bond donors (Lipinski definition) is 2. The predicted octanol–water partition coefficient (Wildman–Crippen LogP) is 1.66. The summed E-state index contributed by atoms with van der Waals surface area (Å²) in [6.45, 7) is 4.91. The molecule has 3 N–H and O–H groups in total. The van der Waals surface area contributed by atoms with Gasteiger partial charge in [-0.2, -0.15) is 0 Å². The number of nitrogens with one attached hydrogen (secondary N) is 1. The molecule has 1 aromatic heterocycles. The van der Waals surface area contributed by atoms with Gasteiger partial charge in [-0.1, -0.05) is 26.0 Å². The zero-order chi connectivity index (χ0) is 13.8. The maximum atomic E-state index is 11.5. The number of nitrogens with zero attached hydrogens (tertiary/aromatic N) is 2. The fourth-order valence-corrected chi connectivity index (χ4v) is 2.05. The lowest BCUT2D eigenvalue weighted by atomic mass is 10.1. The third-order valence-corrected chi connectivity index (χ3v) is 2.94. The monoisotopic (exact) mass is 258 g/mol. The van der Waals surface area contributed by atoms with Gasteiger partial charge in [-0.3, -0.25) is 10.2 Å². The molecule has 0 aliphatic carbocycles. The van der Waals surface area contributed by atoms with E-state index in [9.17, 15) is 4.79 Å². The fraction of sp³-hybridized carbons (Fsp3) is 0.286. The third kappa shape index (κ3) is 3.00. The van der Waals surface area contributed by atoms with Crippen LogP contribution in [0, 0.1) is 0 Å². The fourth-order valence-electron chi connectivity index (χ4n) is 2.05. The molecule has 2 aromatic rings. The molecule has 5 heteroatoms. The summed E-state index contributed by atoms with van der Waals surface area (Å²) in [6.07, 6.45) is 3.75. The average molecular weight is 258 g/mol. The summed E-state index contributed by atoms with van der Waals surface area (Å²) in [5.41, 5.74) is 3.74. The lowest BCUT2D eigenvalue weighted by Gasteiger charge is -2.11. The maximum absolute atomic E-state index is 11.5.